The molecule has 110 valence electrons. The Bertz CT molecular complexity index is 596. The molecule has 2 rings (SSSR count). The van der Waals surface area contributed by atoms with Crippen LogP contribution in [0.2, 0.25) is 0 Å². The van der Waals surface area contributed by atoms with Crippen LogP contribution in [0.5, 0.6) is 5.75 Å². The molecule has 0 fully saturated rings. The standard InChI is InChI=1S/C17H19NO3/c1-13-6-7-15(17(11-13)20-2)16(19)12-21-10-8-14-5-3-4-9-18-14/h3-7,9,11H,8,10,12H2,1-2H3. The first-order chi connectivity index (χ1) is 10.2. The number of rotatable bonds is 7. The van der Waals surface area contributed by atoms with Crippen molar-refractivity contribution in [1.29, 1.82) is 0 Å². The highest BCUT2D eigenvalue weighted by Gasteiger charge is 2.12. The minimum Gasteiger partial charge on any atom is -0.496 e. The summed E-state index contributed by atoms with van der Waals surface area (Å²) in [5.74, 6) is 0.515. The molecule has 4 heteroatoms. The van der Waals surface area contributed by atoms with Crippen molar-refractivity contribution in [3.05, 3.63) is 59.4 Å². The lowest BCUT2D eigenvalue weighted by Gasteiger charge is -2.09. The van der Waals surface area contributed by atoms with Gasteiger partial charge in [-0.1, -0.05) is 12.1 Å². The molecular formula is C17H19NO3. The smallest absolute Gasteiger partial charge is 0.192 e. The van der Waals surface area contributed by atoms with Crippen LogP contribution in [0.15, 0.2) is 42.6 Å². The number of aryl methyl sites for hydroxylation is 1. The molecule has 0 aliphatic carbocycles. The SMILES string of the molecule is COc1cc(C)ccc1C(=O)COCCc1ccccn1. The zero-order valence-corrected chi connectivity index (χ0v) is 12.3. The molecule has 0 spiro atoms. The second-order valence-corrected chi connectivity index (χ2v) is 4.75. The first kappa shape index (κ1) is 15.2. The summed E-state index contributed by atoms with van der Waals surface area (Å²) in [6, 6.07) is 11.3. The van der Waals surface area contributed by atoms with Gasteiger partial charge in [-0.15, -0.1) is 0 Å². The fraction of sp³-hybridized carbons (Fsp3) is 0.294. The highest BCUT2D eigenvalue weighted by Crippen LogP contribution is 2.20. The first-order valence-corrected chi connectivity index (χ1v) is 6.86. The largest absolute Gasteiger partial charge is 0.496 e. The second-order valence-electron chi connectivity index (χ2n) is 4.75. The fourth-order valence-electron chi connectivity index (χ4n) is 1.99. The van der Waals surface area contributed by atoms with Crippen molar-refractivity contribution in [3.8, 4) is 5.75 Å². The first-order valence-electron chi connectivity index (χ1n) is 6.86. The zero-order chi connectivity index (χ0) is 15.1. The van der Waals surface area contributed by atoms with E-state index in [-0.39, 0.29) is 12.4 Å². The Morgan fingerprint density at radius 1 is 1.24 bits per heavy atom. The highest BCUT2D eigenvalue weighted by atomic mass is 16.5. The number of carbonyl (C=O) groups excluding carboxylic acids is 1. The molecule has 1 aromatic heterocycles. The van der Waals surface area contributed by atoms with Gasteiger partial charge in [-0.2, -0.15) is 0 Å². The van der Waals surface area contributed by atoms with E-state index in [0.29, 0.717) is 24.3 Å². The lowest BCUT2D eigenvalue weighted by molar-refractivity contribution is 0.0761. The molecule has 0 aliphatic rings. The summed E-state index contributed by atoms with van der Waals surface area (Å²) in [6.45, 7) is 2.48. The number of Topliss-reactive ketones (excluding diaryl/α,β-unsaturated/α-hetero) is 1. The molecule has 0 N–H and O–H groups in total. The van der Waals surface area contributed by atoms with Gasteiger partial charge in [0.05, 0.1) is 19.3 Å². The van der Waals surface area contributed by atoms with Crippen LogP contribution in [0.4, 0.5) is 0 Å². The summed E-state index contributed by atoms with van der Waals surface area (Å²) in [4.78, 5) is 16.3. The average Bonchev–Trinajstić information content (AvgIpc) is 2.52. The van der Waals surface area contributed by atoms with Crippen LogP contribution in [-0.4, -0.2) is 31.1 Å². The summed E-state index contributed by atoms with van der Waals surface area (Å²) >= 11 is 0. The number of aromatic nitrogens is 1. The monoisotopic (exact) mass is 285 g/mol. The number of ether oxygens (including phenoxy) is 2. The summed E-state index contributed by atoms with van der Waals surface area (Å²) in [7, 11) is 1.56. The van der Waals surface area contributed by atoms with Crippen molar-refractivity contribution in [1.82, 2.24) is 4.98 Å². The topological polar surface area (TPSA) is 48.4 Å². The maximum absolute atomic E-state index is 12.1. The molecule has 0 saturated heterocycles. The molecule has 0 saturated carbocycles. The Morgan fingerprint density at radius 2 is 2.10 bits per heavy atom. The molecule has 4 nitrogen and oxygen atoms in total. The Labute approximate surface area is 124 Å². The highest BCUT2D eigenvalue weighted by molar-refractivity contribution is 5.99. The number of ketones is 1. The minimum atomic E-state index is -0.0760. The third-order valence-corrected chi connectivity index (χ3v) is 3.12. The maximum Gasteiger partial charge on any atom is 0.192 e. The Balaban J connectivity index is 1.85. The number of pyridine rings is 1. The van der Waals surface area contributed by atoms with Crippen molar-refractivity contribution in [2.24, 2.45) is 0 Å². The van der Waals surface area contributed by atoms with E-state index >= 15 is 0 Å². The quantitative estimate of drug-likeness (QED) is 0.580. The molecule has 0 aliphatic heterocycles. The number of hydrogen-bond donors (Lipinski definition) is 0. The van der Waals surface area contributed by atoms with E-state index in [1.807, 2.05) is 37.3 Å². The van der Waals surface area contributed by atoms with Crippen molar-refractivity contribution < 1.29 is 14.3 Å². The summed E-state index contributed by atoms with van der Waals surface area (Å²) < 4.78 is 10.7. The Morgan fingerprint density at radius 3 is 2.81 bits per heavy atom. The summed E-state index contributed by atoms with van der Waals surface area (Å²) in [6.07, 6.45) is 2.44. The van der Waals surface area contributed by atoms with E-state index in [4.69, 9.17) is 9.47 Å². The lowest BCUT2D eigenvalue weighted by atomic mass is 10.1. The van der Waals surface area contributed by atoms with Crippen LogP contribution in [0.3, 0.4) is 0 Å². The van der Waals surface area contributed by atoms with E-state index in [9.17, 15) is 4.79 Å². The normalized spacial score (nSPS) is 10.4. The van der Waals surface area contributed by atoms with Gasteiger partial charge in [0.1, 0.15) is 12.4 Å². The molecule has 2 aromatic rings. The molecule has 1 aromatic carbocycles. The van der Waals surface area contributed by atoms with Crippen molar-refractivity contribution in [2.75, 3.05) is 20.3 Å². The fourth-order valence-corrected chi connectivity index (χ4v) is 1.99. The van der Waals surface area contributed by atoms with Crippen molar-refractivity contribution in [3.63, 3.8) is 0 Å². The third kappa shape index (κ3) is 4.39. The van der Waals surface area contributed by atoms with E-state index in [0.717, 1.165) is 11.3 Å². The van der Waals surface area contributed by atoms with Gasteiger partial charge >= 0.3 is 0 Å². The van der Waals surface area contributed by atoms with Crippen LogP contribution in [0, 0.1) is 6.92 Å². The predicted molar refractivity (Wildman–Crippen MR) is 80.8 cm³/mol. The molecule has 0 amide bonds. The number of methoxy groups -OCH3 is 1. The summed E-state index contributed by atoms with van der Waals surface area (Å²) in [5, 5.41) is 0. The molecule has 1 heterocycles. The van der Waals surface area contributed by atoms with E-state index in [2.05, 4.69) is 4.98 Å². The lowest BCUT2D eigenvalue weighted by Crippen LogP contribution is -2.12. The molecular weight excluding hydrogens is 266 g/mol. The van der Waals surface area contributed by atoms with Gasteiger partial charge in [-0.05, 0) is 36.8 Å². The van der Waals surface area contributed by atoms with E-state index in [1.165, 1.54) is 0 Å². The van der Waals surface area contributed by atoms with Crippen LogP contribution in [-0.2, 0) is 11.2 Å². The van der Waals surface area contributed by atoms with Gasteiger partial charge in [-0.3, -0.25) is 9.78 Å². The van der Waals surface area contributed by atoms with Gasteiger partial charge in [0.15, 0.2) is 5.78 Å². The maximum atomic E-state index is 12.1. The predicted octanol–water partition coefficient (Wildman–Crippen LogP) is 2.84. The van der Waals surface area contributed by atoms with E-state index < -0.39 is 0 Å². The second kappa shape index (κ2) is 7.55. The van der Waals surface area contributed by atoms with Crippen LogP contribution in [0.25, 0.3) is 0 Å². The zero-order valence-electron chi connectivity index (χ0n) is 12.3. The van der Waals surface area contributed by atoms with Crippen LogP contribution >= 0.6 is 0 Å². The molecule has 0 atom stereocenters. The Kier molecular flexibility index (Phi) is 5.46. The average molecular weight is 285 g/mol. The number of hydrogen-bond acceptors (Lipinski definition) is 4. The minimum absolute atomic E-state index is 0.0479. The number of benzene rings is 1. The Hall–Kier alpha value is -2.20. The van der Waals surface area contributed by atoms with E-state index in [1.54, 1.807) is 19.4 Å². The number of carbonyl (C=O) groups is 1. The molecule has 0 bridgehead atoms. The van der Waals surface area contributed by atoms with Gasteiger partial charge in [0, 0.05) is 18.3 Å². The summed E-state index contributed by atoms with van der Waals surface area (Å²) in [5.41, 5.74) is 2.57. The number of nitrogens with zero attached hydrogens (tertiary/aromatic N) is 1. The molecule has 0 unspecified atom stereocenters. The van der Waals surface area contributed by atoms with Gasteiger partial charge < -0.3 is 9.47 Å². The van der Waals surface area contributed by atoms with Gasteiger partial charge in [0.2, 0.25) is 0 Å². The van der Waals surface area contributed by atoms with Crippen molar-refractivity contribution >= 4 is 5.78 Å². The third-order valence-electron chi connectivity index (χ3n) is 3.12. The van der Waals surface area contributed by atoms with Gasteiger partial charge in [0.25, 0.3) is 0 Å². The molecule has 21 heavy (non-hydrogen) atoms. The van der Waals surface area contributed by atoms with Crippen LogP contribution < -0.4 is 4.74 Å². The van der Waals surface area contributed by atoms with Crippen LogP contribution in [0.1, 0.15) is 21.6 Å². The van der Waals surface area contributed by atoms with Gasteiger partial charge in [-0.25, -0.2) is 0 Å². The van der Waals surface area contributed by atoms with Crippen molar-refractivity contribution in [2.45, 2.75) is 13.3 Å². The molecule has 0 radical (unpaired) electrons.